The van der Waals surface area contributed by atoms with Gasteiger partial charge >= 0.3 is 5.97 Å². The Labute approximate surface area is 168 Å². The summed E-state index contributed by atoms with van der Waals surface area (Å²) in [4.78, 5) is 12.4. The summed E-state index contributed by atoms with van der Waals surface area (Å²) in [7, 11) is 0. The van der Waals surface area contributed by atoms with Crippen LogP contribution in [-0.2, 0) is 9.53 Å². The van der Waals surface area contributed by atoms with Gasteiger partial charge in [-0.25, -0.2) is 4.79 Å². The zero-order chi connectivity index (χ0) is 19.7. The predicted molar refractivity (Wildman–Crippen MR) is 106 cm³/mol. The van der Waals surface area contributed by atoms with Gasteiger partial charge in [0.15, 0.2) is 0 Å². The number of esters is 1. The van der Waals surface area contributed by atoms with Crippen LogP contribution in [0.4, 0.5) is 0 Å². The molecule has 28 heavy (non-hydrogen) atoms. The van der Waals surface area contributed by atoms with E-state index in [4.69, 9.17) is 4.74 Å². The first-order chi connectivity index (χ1) is 13.3. The highest BCUT2D eigenvalue weighted by Gasteiger charge is 2.62. The van der Waals surface area contributed by atoms with Crippen LogP contribution in [0.5, 0.6) is 0 Å². The van der Waals surface area contributed by atoms with Crippen molar-refractivity contribution in [3.63, 3.8) is 0 Å². The summed E-state index contributed by atoms with van der Waals surface area (Å²) in [6, 6.07) is 0. The zero-order valence-corrected chi connectivity index (χ0v) is 17.2. The lowest BCUT2D eigenvalue weighted by Crippen LogP contribution is -2.52. The second kappa shape index (κ2) is 6.43. The van der Waals surface area contributed by atoms with E-state index in [2.05, 4.69) is 19.9 Å². The number of carbonyl (C=O) groups excluding carboxylic acids is 1. The number of fused-ring (bicyclic) bond motifs is 9. The number of aliphatic hydroxyl groups excluding tert-OH is 2. The smallest absolute Gasteiger partial charge is 0.331 e. The second-order valence-electron chi connectivity index (χ2n) is 10.7. The Morgan fingerprint density at radius 3 is 2.82 bits per heavy atom. The van der Waals surface area contributed by atoms with Crippen LogP contribution in [0.1, 0.15) is 65.2 Å². The van der Waals surface area contributed by atoms with Crippen molar-refractivity contribution in [1.29, 1.82) is 0 Å². The summed E-state index contributed by atoms with van der Waals surface area (Å²) in [5.74, 6) is 1.82. The van der Waals surface area contributed by atoms with Crippen LogP contribution < -0.4 is 0 Å². The minimum absolute atomic E-state index is 0.0134. The molecule has 5 rings (SSSR count). The highest BCUT2D eigenvalue weighted by molar-refractivity contribution is 5.83. The Balaban J connectivity index is 1.51. The first-order valence-corrected chi connectivity index (χ1v) is 11.2. The molecule has 0 radical (unpaired) electrons. The number of aliphatic hydroxyl groups is 2. The van der Waals surface area contributed by atoms with Crippen molar-refractivity contribution in [2.24, 2.45) is 34.5 Å². The molecule has 2 bridgehead atoms. The molecule has 5 aliphatic rings. The Bertz CT molecular complexity index is 739. The van der Waals surface area contributed by atoms with Crippen LogP contribution in [0.2, 0.25) is 0 Å². The van der Waals surface area contributed by atoms with E-state index in [-0.39, 0.29) is 35.6 Å². The van der Waals surface area contributed by atoms with E-state index in [1.165, 1.54) is 18.4 Å². The Morgan fingerprint density at radius 1 is 1.21 bits per heavy atom. The van der Waals surface area contributed by atoms with E-state index in [9.17, 15) is 15.0 Å². The standard InChI is InChI=1S/C24H34O4/c1-23-7-5-17(26)11-15(23)3-4-18-19(23)6-8-24(2)16-9-14(13-25)10-21(27)28-20(12-16)22(18)24/h3,10,16-20,22,25-26H,4-9,11-13H2,1-2H3/b14-10+/t16-,17+,18-,19+,20?,22-,23+,24-/m1/s1. The predicted octanol–water partition coefficient (Wildman–Crippen LogP) is 3.77. The highest BCUT2D eigenvalue weighted by Crippen LogP contribution is 2.67. The van der Waals surface area contributed by atoms with Gasteiger partial charge in [-0.2, -0.15) is 0 Å². The first kappa shape index (κ1) is 18.9. The van der Waals surface area contributed by atoms with Gasteiger partial charge in [0, 0.05) is 12.0 Å². The maximum Gasteiger partial charge on any atom is 0.331 e. The third kappa shape index (κ3) is 2.60. The minimum atomic E-state index is -0.266. The van der Waals surface area contributed by atoms with E-state index >= 15 is 0 Å². The van der Waals surface area contributed by atoms with Crippen molar-refractivity contribution >= 4 is 5.97 Å². The summed E-state index contributed by atoms with van der Waals surface area (Å²) in [6.45, 7) is 4.82. The summed E-state index contributed by atoms with van der Waals surface area (Å²) in [5, 5.41) is 19.9. The van der Waals surface area contributed by atoms with Gasteiger partial charge in [-0.1, -0.05) is 25.5 Å². The second-order valence-corrected chi connectivity index (χ2v) is 10.7. The van der Waals surface area contributed by atoms with Crippen LogP contribution in [-0.4, -0.2) is 35.0 Å². The van der Waals surface area contributed by atoms with Gasteiger partial charge in [0.05, 0.1) is 12.7 Å². The van der Waals surface area contributed by atoms with Crippen molar-refractivity contribution in [3.05, 3.63) is 23.3 Å². The minimum Gasteiger partial charge on any atom is -0.459 e. The molecule has 4 nitrogen and oxygen atoms in total. The van der Waals surface area contributed by atoms with E-state index in [1.54, 1.807) is 6.08 Å². The first-order valence-electron chi connectivity index (χ1n) is 11.2. The Hall–Kier alpha value is -1.13. The summed E-state index contributed by atoms with van der Waals surface area (Å²) in [5.41, 5.74) is 2.69. The molecule has 1 unspecified atom stereocenters. The molecule has 1 heterocycles. The monoisotopic (exact) mass is 386 g/mol. The number of hydrogen-bond donors (Lipinski definition) is 2. The Morgan fingerprint density at radius 2 is 2.04 bits per heavy atom. The van der Waals surface area contributed by atoms with E-state index in [0.717, 1.165) is 44.1 Å². The summed E-state index contributed by atoms with van der Waals surface area (Å²) in [6.07, 6.45) is 11.9. The molecule has 0 saturated heterocycles. The normalized spacial score (nSPS) is 52.1. The molecule has 154 valence electrons. The van der Waals surface area contributed by atoms with E-state index in [1.807, 2.05) is 0 Å². The van der Waals surface area contributed by atoms with Crippen molar-refractivity contribution < 1.29 is 19.7 Å². The maximum absolute atomic E-state index is 12.4. The van der Waals surface area contributed by atoms with Crippen LogP contribution in [0.15, 0.2) is 23.3 Å². The lowest BCUT2D eigenvalue weighted by Gasteiger charge is -2.58. The van der Waals surface area contributed by atoms with Crippen molar-refractivity contribution in [2.75, 3.05) is 6.61 Å². The van der Waals surface area contributed by atoms with Crippen LogP contribution in [0, 0.1) is 34.5 Å². The van der Waals surface area contributed by atoms with Gasteiger partial charge in [0.25, 0.3) is 0 Å². The molecule has 3 saturated carbocycles. The summed E-state index contributed by atoms with van der Waals surface area (Å²) < 4.78 is 6.00. The SMILES string of the molecule is C[C@]12CC[C@H]3[C@@H](CC=C4C[C@@H](O)CC[C@@]43C)[C@@H]1C1C[C@H]2C/C(CO)=C\C(=O)O1. The van der Waals surface area contributed by atoms with Crippen LogP contribution >= 0.6 is 0 Å². The number of hydrogen-bond acceptors (Lipinski definition) is 4. The van der Waals surface area contributed by atoms with Gasteiger partial charge in [0.1, 0.15) is 6.10 Å². The number of ether oxygens (including phenoxy) is 1. The van der Waals surface area contributed by atoms with Gasteiger partial charge < -0.3 is 14.9 Å². The molecular formula is C24H34O4. The quantitative estimate of drug-likeness (QED) is 0.532. The topological polar surface area (TPSA) is 66.8 Å². The fourth-order valence-electron chi connectivity index (χ4n) is 8.07. The average molecular weight is 387 g/mol. The average Bonchev–Trinajstić information content (AvgIpc) is 2.93. The molecule has 1 aliphatic heterocycles. The number of rotatable bonds is 1. The molecule has 2 N–H and O–H groups in total. The van der Waals surface area contributed by atoms with Gasteiger partial charge in [0.2, 0.25) is 0 Å². The van der Waals surface area contributed by atoms with Gasteiger partial charge in [-0.15, -0.1) is 0 Å². The van der Waals surface area contributed by atoms with Gasteiger partial charge in [-0.05, 0) is 85.5 Å². The number of allylic oxidation sites excluding steroid dienone is 1. The molecular weight excluding hydrogens is 352 g/mol. The fraction of sp³-hybridized carbons (Fsp3) is 0.792. The lowest BCUT2D eigenvalue weighted by molar-refractivity contribution is -0.151. The lowest BCUT2D eigenvalue weighted by atomic mass is 9.47. The molecule has 8 atom stereocenters. The molecule has 0 amide bonds. The number of carbonyl (C=O) groups is 1. The molecule has 0 aromatic carbocycles. The fourth-order valence-corrected chi connectivity index (χ4v) is 8.07. The third-order valence-corrected chi connectivity index (χ3v) is 9.53. The van der Waals surface area contributed by atoms with Crippen molar-refractivity contribution in [3.8, 4) is 0 Å². The van der Waals surface area contributed by atoms with Crippen LogP contribution in [0.25, 0.3) is 0 Å². The molecule has 4 aliphatic carbocycles. The molecule has 4 heteroatoms. The maximum atomic E-state index is 12.4. The third-order valence-electron chi connectivity index (χ3n) is 9.53. The summed E-state index contributed by atoms with van der Waals surface area (Å²) >= 11 is 0. The van der Waals surface area contributed by atoms with Crippen molar-refractivity contribution in [2.45, 2.75) is 77.4 Å². The molecule has 0 aromatic heterocycles. The largest absolute Gasteiger partial charge is 0.459 e. The van der Waals surface area contributed by atoms with Gasteiger partial charge in [-0.3, -0.25) is 0 Å². The molecule has 0 spiro atoms. The van der Waals surface area contributed by atoms with E-state index < -0.39 is 0 Å². The highest BCUT2D eigenvalue weighted by atomic mass is 16.5. The van der Waals surface area contributed by atoms with Crippen LogP contribution in [0.3, 0.4) is 0 Å². The zero-order valence-electron chi connectivity index (χ0n) is 17.2. The molecule has 3 fully saturated rings. The van der Waals surface area contributed by atoms with E-state index in [0.29, 0.717) is 23.7 Å². The molecule has 0 aromatic rings. The van der Waals surface area contributed by atoms with Crippen molar-refractivity contribution in [1.82, 2.24) is 0 Å². The Kier molecular flexibility index (Phi) is 4.34.